The minimum Gasteiger partial charge on any atom is -0.466 e. The number of rotatable bonds is 6. The fourth-order valence-electron chi connectivity index (χ4n) is 4.54. The third kappa shape index (κ3) is 4.22. The summed E-state index contributed by atoms with van der Waals surface area (Å²) in [5.74, 6) is -0.734. The number of fused-ring (bicyclic) bond motifs is 2. The van der Waals surface area contributed by atoms with E-state index in [1.165, 1.54) is 10.5 Å². The SMILES string of the molecule is CCCCn1c(=N)c(C(=O)N2CCC(C(=O)OCC)CC2)cc2c(=O)n3cccc(C)c3nc21. The molecule has 1 saturated heterocycles. The zero-order chi connectivity index (χ0) is 24.4. The summed E-state index contributed by atoms with van der Waals surface area (Å²) in [5.41, 5.74) is 1.82. The zero-order valence-electron chi connectivity index (χ0n) is 20.0. The Kier molecular flexibility index (Phi) is 6.81. The van der Waals surface area contributed by atoms with Crippen molar-refractivity contribution in [2.75, 3.05) is 19.7 Å². The van der Waals surface area contributed by atoms with Crippen LogP contribution in [0.1, 0.15) is 55.5 Å². The summed E-state index contributed by atoms with van der Waals surface area (Å²) in [4.78, 5) is 45.3. The van der Waals surface area contributed by atoms with Crippen molar-refractivity contribution < 1.29 is 14.3 Å². The third-order valence-corrected chi connectivity index (χ3v) is 6.50. The number of esters is 1. The summed E-state index contributed by atoms with van der Waals surface area (Å²) >= 11 is 0. The number of ether oxygens (including phenoxy) is 1. The lowest BCUT2D eigenvalue weighted by molar-refractivity contribution is -0.149. The average Bonchev–Trinajstić information content (AvgIpc) is 2.84. The van der Waals surface area contributed by atoms with Crippen LogP contribution in [0.4, 0.5) is 0 Å². The number of carbonyl (C=O) groups excluding carboxylic acids is 2. The van der Waals surface area contributed by atoms with E-state index in [1.54, 1.807) is 28.7 Å². The van der Waals surface area contributed by atoms with Gasteiger partial charge in [-0.3, -0.25) is 24.2 Å². The normalized spacial score (nSPS) is 14.6. The van der Waals surface area contributed by atoms with Crippen LogP contribution < -0.4 is 11.0 Å². The van der Waals surface area contributed by atoms with E-state index in [-0.39, 0.29) is 34.4 Å². The molecule has 0 aliphatic carbocycles. The Hall–Kier alpha value is -3.49. The molecule has 1 aliphatic rings. The topological polar surface area (TPSA) is 110 Å². The third-order valence-electron chi connectivity index (χ3n) is 6.50. The summed E-state index contributed by atoms with van der Waals surface area (Å²) in [7, 11) is 0. The van der Waals surface area contributed by atoms with Gasteiger partial charge in [0.25, 0.3) is 11.5 Å². The van der Waals surface area contributed by atoms with Crippen molar-refractivity contribution in [2.24, 2.45) is 5.92 Å². The van der Waals surface area contributed by atoms with Gasteiger partial charge in [-0.1, -0.05) is 19.4 Å². The smallest absolute Gasteiger partial charge is 0.309 e. The number of likely N-dealkylation sites (tertiary alicyclic amines) is 1. The number of aryl methyl sites for hydroxylation is 2. The van der Waals surface area contributed by atoms with Crippen LogP contribution in [-0.2, 0) is 16.1 Å². The van der Waals surface area contributed by atoms with Crippen molar-refractivity contribution >= 4 is 28.6 Å². The van der Waals surface area contributed by atoms with Crippen molar-refractivity contribution in [3.8, 4) is 0 Å². The molecule has 3 aromatic rings. The van der Waals surface area contributed by atoms with Gasteiger partial charge in [0.1, 0.15) is 16.8 Å². The molecule has 0 saturated carbocycles. The van der Waals surface area contributed by atoms with Gasteiger partial charge in [-0.2, -0.15) is 0 Å². The highest BCUT2D eigenvalue weighted by Crippen LogP contribution is 2.21. The molecule has 0 bridgehead atoms. The molecule has 4 rings (SSSR count). The molecular formula is C25H31N5O4. The Morgan fingerprint density at radius 3 is 2.62 bits per heavy atom. The molecule has 1 amide bonds. The van der Waals surface area contributed by atoms with E-state index >= 15 is 0 Å². The number of amides is 1. The van der Waals surface area contributed by atoms with Gasteiger partial charge in [0, 0.05) is 25.8 Å². The van der Waals surface area contributed by atoms with E-state index in [2.05, 4.69) is 6.92 Å². The lowest BCUT2D eigenvalue weighted by Crippen LogP contribution is -2.43. The van der Waals surface area contributed by atoms with E-state index in [0.29, 0.717) is 55.8 Å². The van der Waals surface area contributed by atoms with Crippen molar-refractivity contribution in [2.45, 2.75) is 53.0 Å². The molecule has 0 atom stereocenters. The fraction of sp³-hybridized carbons (Fsp3) is 0.480. The predicted octanol–water partition coefficient (Wildman–Crippen LogP) is 2.65. The molecular weight excluding hydrogens is 434 g/mol. The molecule has 1 N–H and O–H groups in total. The van der Waals surface area contributed by atoms with E-state index in [0.717, 1.165) is 18.4 Å². The molecule has 9 heteroatoms. The minimum absolute atomic E-state index is 0.0586. The van der Waals surface area contributed by atoms with Gasteiger partial charge in [-0.15, -0.1) is 0 Å². The molecule has 0 unspecified atom stereocenters. The van der Waals surface area contributed by atoms with Crippen LogP contribution in [0.15, 0.2) is 29.2 Å². The molecule has 4 heterocycles. The van der Waals surface area contributed by atoms with Crippen LogP contribution in [0.5, 0.6) is 0 Å². The number of unbranched alkanes of at least 4 members (excludes halogenated alkanes) is 1. The second kappa shape index (κ2) is 9.79. The molecule has 1 fully saturated rings. The summed E-state index contributed by atoms with van der Waals surface area (Å²) in [6, 6.07) is 5.20. The number of hydrogen-bond acceptors (Lipinski definition) is 6. The molecule has 1 aliphatic heterocycles. The Morgan fingerprint density at radius 1 is 1.21 bits per heavy atom. The first kappa shape index (κ1) is 23.7. The zero-order valence-corrected chi connectivity index (χ0v) is 20.0. The maximum Gasteiger partial charge on any atom is 0.309 e. The highest BCUT2D eigenvalue weighted by Gasteiger charge is 2.30. The quantitative estimate of drug-likeness (QED) is 0.445. The average molecular weight is 466 g/mol. The molecule has 180 valence electrons. The van der Waals surface area contributed by atoms with Gasteiger partial charge in [-0.25, -0.2) is 4.98 Å². The predicted molar refractivity (Wildman–Crippen MR) is 128 cm³/mol. The van der Waals surface area contributed by atoms with E-state index in [9.17, 15) is 14.4 Å². The fourth-order valence-corrected chi connectivity index (χ4v) is 4.54. The van der Waals surface area contributed by atoms with Crippen LogP contribution >= 0.6 is 0 Å². The lowest BCUT2D eigenvalue weighted by atomic mass is 9.96. The number of pyridine rings is 2. The van der Waals surface area contributed by atoms with Crippen LogP contribution in [-0.4, -0.2) is 50.4 Å². The highest BCUT2D eigenvalue weighted by molar-refractivity contribution is 5.97. The molecule has 3 aromatic heterocycles. The van der Waals surface area contributed by atoms with Gasteiger partial charge < -0.3 is 14.2 Å². The summed E-state index contributed by atoms with van der Waals surface area (Å²) in [5, 5.41) is 9.16. The number of nitrogens with one attached hydrogen (secondary N) is 1. The van der Waals surface area contributed by atoms with Crippen LogP contribution in [0, 0.1) is 18.3 Å². The van der Waals surface area contributed by atoms with Gasteiger partial charge >= 0.3 is 5.97 Å². The lowest BCUT2D eigenvalue weighted by Gasteiger charge is -2.31. The number of hydrogen-bond donors (Lipinski definition) is 1. The Labute approximate surface area is 197 Å². The molecule has 34 heavy (non-hydrogen) atoms. The molecule has 0 aromatic carbocycles. The second-order valence-corrected chi connectivity index (χ2v) is 8.77. The minimum atomic E-state index is -0.298. The van der Waals surface area contributed by atoms with E-state index in [4.69, 9.17) is 15.1 Å². The Morgan fingerprint density at radius 2 is 1.94 bits per heavy atom. The first-order chi connectivity index (χ1) is 16.4. The van der Waals surface area contributed by atoms with Gasteiger partial charge in [0.05, 0.1) is 23.5 Å². The van der Waals surface area contributed by atoms with Crippen molar-refractivity contribution in [3.63, 3.8) is 0 Å². The highest BCUT2D eigenvalue weighted by atomic mass is 16.5. The number of carbonyl (C=O) groups is 2. The first-order valence-corrected chi connectivity index (χ1v) is 11.9. The number of piperidine rings is 1. The monoisotopic (exact) mass is 465 g/mol. The molecule has 0 radical (unpaired) electrons. The van der Waals surface area contributed by atoms with Crippen LogP contribution in [0.2, 0.25) is 0 Å². The Bertz CT molecular complexity index is 1370. The van der Waals surface area contributed by atoms with E-state index < -0.39 is 0 Å². The van der Waals surface area contributed by atoms with Gasteiger partial charge in [0.2, 0.25) is 0 Å². The summed E-state index contributed by atoms with van der Waals surface area (Å²) in [6.07, 6.45) is 4.41. The first-order valence-electron chi connectivity index (χ1n) is 11.9. The van der Waals surface area contributed by atoms with Crippen molar-refractivity contribution in [3.05, 3.63) is 51.4 Å². The van der Waals surface area contributed by atoms with Gasteiger partial charge in [0.15, 0.2) is 0 Å². The van der Waals surface area contributed by atoms with Gasteiger partial charge in [-0.05, 0) is 50.8 Å². The van der Waals surface area contributed by atoms with Crippen molar-refractivity contribution in [1.29, 1.82) is 5.41 Å². The Balaban J connectivity index is 1.78. The molecule has 9 nitrogen and oxygen atoms in total. The summed E-state index contributed by atoms with van der Waals surface area (Å²) < 4.78 is 8.30. The number of aromatic nitrogens is 3. The maximum absolute atomic E-state index is 13.5. The van der Waals surface area contributed by atoms with Crippen LogP contribution in [0.3, 0.4) is 0 Å². The second-order valence-electron chi connectivity index (χ2n) is 8.77. The standard InChI is InChI=1S/C25H31N5O4/c1-4-6-11-29-20(26)18(23(31)28-13-9-17(10-14-28)25(33)34-5-2)15-19-22(29)27-21-16(3)8-7-12-30(21)24(19)32/h7-8,12,15,17,26H,4-6,9-11,13-14H2,1-3H3. The van der Waals surface area contributed by atoms with E-state index in [1.807, 2.05) is 13.0 Å². The summed E-state index contributed by atoms with van der Waals surface area (Å²) in [6.45, 7) is 7.37. The largest absolute Gasteiger partial charge is 0.466 e. The maximum atomic E-state index is 13.5. The molecule has 0 spiro atoms. The number of nitrogens with zero attached hydrogens (tertiary/aromatic N) is 4. The van der Waals surface area contributed by atoms with Crippen molar-refractivity contribution in [1.82, 2.24) is 18.9 Å². The van der Waals surface area contributed by atoms with Crippen LogP contribution in [0.25, 0.3) is 16.7 Å².